The van der Waals surface area contributed by atoms with Crippen molar-refractivity contribution in [2.75, 3.05) is 18.4 Å². The summed E-state index contributed by atoms with van der Waals surface area (Å²) in [6.45, 7) is 2.72. The first-order chi connectivity index (χ1) is 12.5. The zero-order chi connectivity index (χ0) is 18.7. The van der Waals surface area contributed by atoms with Gasteiger partial charge in [-0.3, -0.25) is 14.5 Å². The molecule has 0 aromatic heterocycles. The van der Waals surface area contributed by atoms with Crippen molar-refractivity contribution in [3.05, 3.63) is 34.2 Å². The molecule has 0 bridgehead atoms. The first-order valence-corrected chi connectivity index (χ1v) is 10.1. The topological polar surface area (TPSA) is 69.6 Å². The van der Waals surface area contributed by atoms with E-state index in [0.717, 1.165) is 55.5 Å². The number of hydrogen-bond donors (Lipinski definition) is 2. The Morgan fingerprint density at radius 1 is 1.42 bits per heavy atom. The maximum absolute atomic E-state index is 12.8. The first-order valence-electron chi connectivity index (χ1n) is 8.87. The number of carboxylic acid groups (broad SMARTS) is 1. The zero-order valence-electron chi connectivity index (χ0n) is 14.7. The Morgan fingerprint density at radius 3 is 2.96 bits per heavy atom. The second-order valence-corrected chi connectivity index (χ2v) is 8.11. The third-order valence-electron chi connectivity index (χ3n) is 4.59. The van der Waals surface area contributed by atoms with E-state index in [0.29, 0.717) is 9.23 Å². The summed E-state index contributed by atoms with van der Waals surface area (Å²) < 4.78 is 0.320. The molecule has 2 heterocycles. The second kappa shape index (κ2) is 8.22. The van der Waals surface area contributed by atoms with Gasteiger partial charge in [-0.2, -0.15) is 0 Å². The van der Waals surface area contributed by atoms with Crippen LogP contribution >= 0.6 is 24.0 Å². The molecule has 26 heavy (non-hydrogen) atoms. The number of aryl methyl sites for hydroxylation is 1. The van der Waals surface area contributed by atoms with E-state index in [4.69, 9.17) is 17.3 Å². The van der Waals surface area contributed by atoms with Gasteiger partial charge in [0.2, 0.25) is 0 Å². The first kappa shape index (κ1) is 18.9. The van der Waals surface area contributed by atoms with Crippen LogP contribution in [0.2, 0.25) is 0 Å². The van der Waals surface area contributed by atoms with E-state index in [2.05, 4.69) is 24.4 Å². The third-order valence-corrected chi connectivity index (χ3v) is 6.08. The summed E-state index contributed by atoms with van der Waals surface area (Å²) in [5.41, 5.74) is 4.44. The Morgan fingerprint density at radius 2 is 2.23 bits per heavy atom. The van der Waals surface area contributed by atoms with Crippen molar-refractivity contribution in [2.45, 2.75) is 39.0 Å². The number of aliphatic carboxylic acids is 1. The highest BCUT2D eigenvalue weighted by molar-refractivity contribution is 8.26. The highest BCUT2D eigenvalue weighted by Crippen LogP contribution is 2.39. The van der Waals surface area contributed by atoms with Gasteiger partial charge in [-0.15, -0.1) is 0 Å². The van der Waals surface area contributed by atoms with Crippen molar-refractivity contribution in [3.63, 3.8) is 0 Å². The molecule has 0 atom stereocenters. The molecule has 1 saturated heterocycles. The fourth-order valence-electron chi connectivity index (χ4n) is 3.26. The largest absolute Gasteiger partial charge is 0.480 e. The van der Waals surface area contributed by atoms with E-state index in [1.807, 2.05) is 6.07 Å². The Labute approximate surface area is 162 Å². The number of nitrogens with zero attached hydrogens (tertiary/aromatic N) is 1. The van der Waals surface area contributed by atoms with Crippen LogP contribution in [-0.2, 0) is 16.0 Å². The average Bonchev–Trinajstić information content (AvgIpc) is 2.90. The summed E-state index contributed by atoms with van der Waals surface area (Å²) in [4.78, 5) is 25.6. The van der Waals surface area contributed by atoms with E-state index >= 15 is 0 Å². The van der Waals surface area contributed by atoms with Crippen molar-refractivity contribution in [3.8, 4) is 0 Å². The molecule has 0 radical (unpaired) electrons. The van der Waals surface area contributed by atoms with Crippen LogP contribution in [-0.4, -0.2) is 39.3 Å². The Bertz CT molecular complexity index is 789. The van der Waals surface area contributed by atoms with Gasteiger partial charge >= 0.3 is 5.97 Å². The molecule has 1 aromatic rings. The molecule has 2 aliphatic rings. The maximum atomic E-state index is 12.8. The number of thioether (sulfide) groups is 1. The van der Waals surface area contributed by atoms with E-state index in [-0.39, 0.29) is 12.5 Å². The molecule has 2 N–H and O–H groups in total. The molecule has 7 heteroatoms. The number of nitrogens with one attached hydrogen (secondary N) is 1. The van der Waals surface area contributed by atoms with Crippen molar-refractivity contribution < 1.29 is 14.7 Å². The number of amides is 1. The van der Waals surface area contributed by atoms with Crippen molar-refractivity contribution in [1.29, 1.82) is 0 Å². The Hall–Kier alpha value is -1.86. The maximum Gasteiger partial charge on any atom is 0.323 e. The number of rotatable bonds is 6. The highest BCUT2D eigenvalue weighted by atomic mass is 32.2. The number of unbranched alkanes of at least 4 members (excludes halogenated alkanes) is 1. The van der Waals surface area contributed by atoms with Crippen LogP contribution in [0.3, 0.4) is 0 Å². The predicted octanol–water partition coefficient (Wildman–Crippen LogP) is 3.89. The molecule has 0 saturated carbocycles. The third kappa shape index (κ3) is 3.94. The number of carbonyl (C=O) groups is 2. The van der Waals surface area contributed by atoms with Gasteiger partial charge in [0.15, 0.2) is 0 Å². The van der Waals surface area contributed by atoms with E-state index < -0.39 is 5.97 Å². The molecule has 0 aliphatic carbocycles. The van der Waals surface area contributed by atoms with Gasteiger partial charge in [0.1, 0.15) is 10.9 Å². The number of anilines is 1. The van der Waals surface area contributed by atoms with Gasteiger partial charge in [-0.05, 0) is 54.5 Å². The molecule has 0 spiro atoms. The monoisotopic (exact) mass is 390 g/mol. The SMILES string of the molecule is CCCCC(=C1SC(=S)N(CC(=O)O)C1=O)c1ccc2c(c1)CCCN2. The van der Waals surface area contributed by atoms with Crippen LogP contribution in [0.5, 0.6) is 0 Å². The van der Waals surface area contributed by atoms with Gasteiger partial charge in [-0.25, -0.2) is 0 Å². The fraction of sp³-hybridized carbons (Fsp3) is 0.421. The number of carboxylic acids is 1. The van der Waals surface area contributed by atoms with Crippen LogP contribution in [0.25, 0.3) is 5.57 Å². The van der Waals surface area contributed by atoms with Gasteiger partial charge < -0.3 is 10.4 Å². The lowest BCUT2D eigenvalue weighted by atomic mass is 9.94. The summed E-state index contributed by atoms with van der Waals surface area (Å²) in [6, 6.07) is 6.29. The minimum Gasteiger partial charge on any atom is -0.480 e. The van der Waals surface area contributed by atoms with E-state index in [1.54, 1.807) is 0 Å². The Balaban J connectivity index is 2.00. The average molecular weight is 391 g/mol. The fourth-order valence-corrected chi connectivity index (χ4v) is 4.63. The predicted molar refractivity (Wildman–Crippen MR) is 109 cm³/mol. The molecule has 3 rings (SSSR count). The summed E-state index contributed by atoms with van der Waals surface area (Å²) in [5.74, 6) is -1.35. The molecule has 1 fully saturated rings. The lowest BCUT2D eigenvalue weighted by Crippen LogP contribution is -2.33. The van der Waals surface area contributed by atoms with Gasteiger partial charge in [0, 0.05) is 12.2 Å². The summed E-state index contributed by atoms with van der Waals surface area (Å²) in [7, 11) is 0. The molecule has 0 unspecified atom stereocenters. The molecule has 1 amide bonds. The molecular formula is C19H22N2O3S2. The zero-order valence-corrected chi connectivity index (χ0v) is 16.3. The minimum atomic E-state index is -1.06. The summed E-state index contributed by atoms with van der Waals surface area (Å²) >= 11 is 6.48. The quantitative estimate of drug-likeness (QED) is 0.567. The minimum absolute atomic E-state index is 0.288. The number of fused-ring (bicyclic) bond motifs is 1. The van der Waals surface area contributed by atoms with Crippen LogP contribution < -0.4 is 5.32 Å². The van der Waals surface area contributed by atoms with Crippen LogP contribution in [0.4, 0.5) is 5.69 Å². The standard InChI is InChI=1S/C19H22N2O3S2/c1-2-3-6-14(12-7-8-15-13(10-12)5-4-9-20-15)17-18(24)21(11-16(22)23)19(25)26-17/h7-8,10,20H,2-6,9,11H2,1H3,(H,22,23). The summed E-state index contributed by atoms with van der Waals surface area (Å²) in [5, 5.41) is 12.4. The number of benzene rings is 1. The highest BCUT2D eigenvalue weighted by Gasteiger charge is 2.35. The number of carbonyl (C=O) groups excluding carboxylic acids is 1. The molecule has 2 aliphatic heterocycles. The van der Waals surface area contributed by atoms with Crippen LogP contribution in [0.1, 0.15) is 43.7 Å². The molecule has 5 nitrogen and oxygen atoms in total. The van der Waals surface area contributed by atoms with Gasteiger partial charge in [0.05, 0.1) is 4.91 Å². The second-order valence-electron chi connectivity index (χ2n) is 6.47. The van der Waals surface area contributed by atoms with Crippen molar-refractivity contribution in [1.82, 2.24) is 4.90 Å². The number of allylic oxidation sites excluding steroid dienone is 1. The van der Waals surface area contributed by atoms with E-state index in [1.165, 1.54) is 22.2 Å². The molecule has 138 valence electrons. The smallest absolute Gasteiger partial charge is 0.323 e. The number of hydrogen-bond acceptors (Lipinski definition) is 5. The molecule has 1 aromatic carbocycles. The van der Waals surface area contributed by atoms with Crippen LogP contribution in [0.15, 0.2) is 23.1 Å². The lowest BCUT2D eigenvalue weighted by Gasteiger charge is -2.20. The number of thiocarbonyl (C=S) groups is 1. The lowest BCUT2D eigenvalue weighted by molar-refractivity contribution is -0.140. The normalized spacial score (nSPS) is 18.6. The van der Waals surface area contributed by atoms with Crippen molar-refractivity contribution in [2.24, 2.45) is 0 Å². The Kier molecular flexibility index (Phi) is 5.98. The summed E-state index contributed by atoms with van der Waals surface area (Å²) in [6.07, 6.45) is 4.89. The van der Waals surface area contributed by atoms with E-state index in [9.17, 15) is 9.59 Å². The van der Waals surface area contributed by atoms with Crippen LogP contribution in [0, 0.1) is 0 Å². The van der Waals surface area contributed by atoms with Crippen molar-refractivity contribution >= 4 is 51.4 Å². The van der Waals surface area contributed by atoms with Gasteiger partial charge in [-0.1, -0.05) is 43.4 Å². The van der Waals surface area contributed by atoms with Gasteiger partial charge in [0.25, 0.3) is 5.91 Å². The molecular weight excluding hydrogens is 368 g/mol.